The van der Waals surface area contributed by atoms with E-state index in [1.807, 2.05) is 0 Å². The highest BCUT2D eigenvalue weighted by Gasteiger charge is 2.20. The van der Waals surface area contributed by atoms with E-state index in [4.69, 9.17) is 16.7 Å². The second-order valence-electron chi connectivity index (χ2n) is 7.77. The van der Waals surface area contributed by atoms with Gasteiger partial charge in [0.15, 0.2) is 0 Å². The number of rotatable bonds is 6. The molecular weight excluding hydrogens is 424 g/mol. The Morgan fingerprint density at radius 2 is 1.97 bits per heavy atom. The molecule has 0 atom stereocenters. The molecule has 1 aromatic heterocycles. The smallest absolute Gasteiger partial charge is 0.238 e. The van der Waals surface area contributed by atoms with E-state index in [2.05, 4.69) is 10.4 Å². The van der Waals surface area contributed by atoms with Gasteiger partial charge in [-0.2, -0.15) is 5.10 Å². The molecule has 7 nitrogen and oxygen atoms in total. The first kappa shape index (κ1) is 20.8. The van der Waals surface area contributed by atoms with Crippen LogP contribution < -0.4 is 10.5 Å². The average molecular weight is 447 g/mol. The van der Waals surface area contributed by atoms with Crippen LogP contribution in [-0.2, 0) is 27.8 Å². The lowest BCUT2D eigenvalue weighted by Crippen LogP contribution is -2.16. The Hall–Kier alpha value is -2.42. The molecule has 1 aliphatic rings. The van der Waals surface area contributed by atoms with Gasteiger partial charge in [-0.1, -0.05) is 42.6 Å². The number of benzene rings is 2. The number of fused-ring (bicyclic) bond motifs is 1. The minimum Gasteiger partial charge on any atom is -0.326 e. The number of halogens is 1. The fourth-order valence-electron chi connectivity index (χ4n) is 4.02. The van der Waals surface area contributed by atoms with E-state index in [1.165, 1.54) is 18.9 Å². The van der Waals surface area contributed by atoms with Gasteiger partial charge in [-0.15, -0.1) is 0 Å². The number of nitrogens with one attached hydrogen (secondary N) is 1. The minimum absolute atomic E-state index is 0.0503. The van der Waals surface area contributed by atoms with Crippen molar-refractivity contribution in [3.05, 3.63) is 53.2 Å². The Bertz CT molecular complexity index is 1200. The van der Waals surface area contributed by atoms with Crippen LogP contribution in [0.25, 0.3) is 10.9 Å². The lowest BCUT2D eigenvalue weighted by molar-refractivity contribution is -0.115. The maximum Gasteiger partial charge on any atom is 0.238 e. The SMILES string of the molecule is NS(=O)(=O)c1cc(NC(=O)Cc2ccccc2Cl)cc2nn(CC3CCCC3)cc12. The third-order valence-corrected chi connectivity index (χ3v) is 6.77. The van der Waals surface area contributed by atoms with Crippen molar-refractivity contribution in [2.45, 2.75) is 43.5 Å². The maximum absolute atomic E-state index is 12.5. The molecule has 0 aliphatic heterocycles. The highest BCUT2D eigenvalue weighted by molar-refractivity contribution is 7.89. The van der Waals surface area contributed by atoms with E-state index in [-0.39, 0.29) is 17.2 Å². The van der Waals surface area contributed by atoms with Gasteiger partial charge in [0, 0.05) is 28.8 Å². The maximum atomic E-state index is 12.5. The van der Waals surface area contributed by atoms with Crippen LogP contribution in [0, 0.1) is 5.92 Å². The fraction of sp³-hybridized carbons (Fsp3) is 0.333. The van der Waals surface area contributed by atoms with Crippen molar-refractivity contribution in [1.29, 1.82) is 0 Å². The zero-order valence-corrected chi connectivity index (χ0v) is 17.9. The van der Waals surface area contributed by atoms with E-state index in [0.29, 0.717) is 33.1 Å². The van der Waals surface area contributed by atoms with Gasteiger partial charge >= 0.3 is 0 Å². The van der Waals surface area contributed by atoms with Crippen LogP contribution in [0.1, 0.15) is 31.2 Å². The first-order chi connectivity index (χ1) is 14.3. The summed E-state index contributed by atoms with van der Waals surface area (Å²) in [6.45, 7) is 0.743. The molecule has 1 fully saturated rings. The van der Waals surface area contributed by atoms with Crippen molar-refractivity contribution < 1.29 is 13.2 Å². The van der Waals surface area contributed by atoms with Crippen molar-refractivity contribution in [2.24, 2.45) is 11.1 Å². The molecule has 0 radical (unpaired) electrons. The Morgan fingerprint density at radius 1 is 1.23 bits per heavy atom. The molecule has 9 heteroatoms. The van der Waals surface area contributed by atoms with Crippen molar-refractivity contribution in [3.63, 3.8) is 0 Å². The third-order valence-electron chi connectivity index (χ3n) is 5.45. The summed E-state index contributed by atoms with van der Waals surface area (Å²) in [6, 6.07) is 10.1. The molecule has 0 bridgehead atoms. The van der Waals surface area contributed by atoms with Gasteiger partial charge in [-0.25, -0.2) is 13.6 Å². The Kier molecular flexibility index (Phi) is 5.81. The molecule has 1 amide bonds. The van der Waals surface area contributed by atoms with E-state index in [9.17, 15) is 13.2 Å². The minimum atomic E-state index is -3.99. The summed E-state index contributed by atoms with van der Waals surface area (Å²) < 4.78 is 26.2. The molecule has 0 unspecified atom stereocenters. The van der Waals surface area contributed by atoms with Crippen LogP contribution in [0.15, 0.2) is 47.5 Å². The first-order valence-corrected chi connectivity index (χ1v) is 11.8. The van der Waals surface area contributed by atoms with Crippen LogP contribution in [0.5, 0.6) is 0 Å². The zero-order valence-electron chi connectivity index (χ0n) is 16.3. The predicted octanol–water partition coefficient (Wildman–Crippen LogP) is 3.71. The largest absolute Gasteiger partial charge is 0.326 e. The molecule has 3 aromatic rings. The van der Waals surface area contributed by atoms with Crippen LogP contribution >= 0.6 is 11.6 Å². The standard InChI is InChI=1S/C21H23ClN4O3S/c22-18-8-4-3-7-15(18)9-21(27)24-16-10-19-17(20(11-16)30(23,28)29)13-26(25-19)12-14-5-1-2-6-14/h3-4,7-8,10-11,13-14H,1-2,5-6,9,12H2,(H,24,27)(H2,23,28,29). The number of hydrogen-bond acceptors (Lipinski definition) is 4. The molecule has 158 valence electrons. The summed E-state index contributed by atoms with van der Waals surface area (Å²) in [5.74, 6) is 0.236. The molecule has 1 saturated carbocycles. The number of nitrogens with zero attached hydrogens (tertiary/aromatic N) is 2. The summed E-state index contributed by atoms with van der Waals surface area (Å²) in [5.41, 5.74) is 1.49. The van der Waals surface area contributed by atoms with Gasteiger partial charge in [0.05, 0.1) is 16.8 Å². The monoisotopic (exact) mass is 446 g/mol. The quantitative estimate of drug-likeness (QED) is 0.601. The highest BCUT2D eigenvalue weighted by Crippen LogP contribution is 2.29. The van der Waals surface area contributed by atoms with Crippen LogP contribution in [0.4, 0.5) is 5.69 Å². The number of hydrogen-bond donors (Lipinski definition) is 2. The van der Waals surface area contributed by atoms with Gasteiger partial charge < -0.3 is 5.32 Å². The number of carbonyl (C=O) groups is 1. The molecule has 3 N–H and O–H groups in total. The van der Waals surface area contributed by atoms with Gasteiger partial charge in [-0.3, -0.25) is 9.48 Å². The highest BCUT2D eigenvalue weighted by atomic mass is 35.5. The molecule has 0 saturated heterocycles. The lowest BCUT2D eigenvalue weighted by Gasteiger charge is -2.08. The Labute approximate surface area is 180 Å². The molecule has 1 heterocycles. The molecule has 1 aliphatic carbocycles. The van der Waals surface area contributed by atoms with Gasteiger partial charge in [-0.05, 0) is 42.5 Å². The Balaban J connectivity index is 1.62. The molecular formula is C21H23ClN4O3S. The zero-order chi connectivity index (χ0) is 21.3. The topological polar surface area (TPSA) is 107 Å². The number of primary sulfonamides is 1. The average Bonchev–Trinajstić information content (AvgIpc) is 3.31. The van der Waals surface area contributed by atoms with E-state index in [1.54, 1.807) is 41.2 Å². The molecule has 2 aromatic carbocycles. The van der Waals surface area contributed by atoms with Gasteiger partial charge in [0.1, 0.15) is 0 Å². The van der Waals surface area contributed by atoms with Crippen molar-refractivity contribution >= 4 is 44.1 Å². The second kappa shape index (κ2) is 8.37. The number of aromatic nitrogens is 2. The summed E-state index contributed by atoms with van der Waals surface area (Å²) in [7, 11) is -3.99. The summed E-state index contributed by atoms with van der Waals surface area (Å²) in [6.07, 6.45) is 6.54. The predicted molar refractivity (Wildman–Crippen MR) is 117 cm³/mol. The van der Waals surface area contributed by atoms with E-state index in [0.717, 1.165) is 19.4 Å². The molecule has 30 heavy (non-hydrogen) atoms. The second-order valence-corrected chi connectivity index (χ2v) is 9.71. The van der Waals surface area contributed by atoms with Crippen LogP contribution in [-0.4, -0.2) is 24.1 Å². The molecule has 4 rings (SSSR count). The normalized spacial score (nSPS) is 15.0. The number of nitrogens with two attached hydrogens (primary N) is 1. The third kappa shape index (κ3) is 4.66. The van der Waals surface area contributed by atoms with Crippen molar-refractivity contribution in [1.82, 2.24) is 9.78 Å². The summed E-state index contributed by atoms with van der Waals surface area (Å²) >= 11 is 6.12. The van der Waals surface area contributed by atoms with Gasteiger partial charge in [0.2, 0.25) is 15.9 Å². The van der Waals surface area contributed by atoms with Gasteiger partial charge in [0.25, 0.3) is 0 Å². The van der Waals surface area contributed by atoms with Crippen LogP contribution in [0.3, 0.4) is 0 Å². The van der Waals surface area contributed by atoms with Crippen LogP contribution in [0.2, 0.25) is 5.02 Å². The fourth-order valence-corrected chi connectivity index (χ4v) is 4.98. The number of amides is 1. The Morgan fingerprint density at radius 3 is 2.67 bits per heavy atom. The van der Waals surface area contributed by atoms with E-state index < -0.39 is 10.0 Å². The lowest BCUT2D eigenvalue weighted by atomic mass is 10.1. The molecule has 0 spiro atoms. The summed E-state index contributed by atoms with van der Waals surface area (Å²) in [4.78, 5) is 12.4. The number of anilines is 1. The van der Waals surface area contributed by atoms with Crippen molar-refractivity contribution in [3.8, 4) is 0 Å². The number of carbonyl (C=O) groups excluding carboxylic acids is 1. The number of sulfonamides is 1. The van der Waals surface area contributed by atoms with E-state index >= 15 is 0 Å². The summed E-state index contributed by atoms with van der Waals surface area (Å²) in [5, 5.41) is 13.7. The first-order valence-electron chi connectivity index (χ1n) is 9.87. The van der Waals surface area contributed by atoms with Crippen molar-refractivity contribution in [2.75, 3.05) is 5.32 Å².